The molecule has 7 nitrogen and oxygen atoms in total. The SMILES string of the molecule is COc1cccc(CNc2nc(C)c(-c3ccn(CC4CCCCO4)n3)s2)c1OC. The molecule has 0 saturated carbocycles. The van der Waals surface area contributed by atoms with Gasteiger partial charge in [-0.3, -0.25) is 4.68 Å². The lowest BCUT2D eigenvalue weighted by molar-refractivity contribution is 0.00403. The molecule has 0 spiro atoms. The van der Waals surface area contributed by atoms with Crippen LogP contribution in [0, 0.1) is 6.92 Å². The molecule has 160 valence electrons. The summed E-state index contributed by atoms with van der Waals surface area (Å²) in [6.07, 6.45) is 5.80. The van der Waals surface area contributed by atoms with E-state index in [0.29, 0.717) is 6.54 Å². The summed E-state index contributed by atoms with van der Waals surface area (Å²) < 4.78 is 18.7. The van der Waals surface area contributed by atoms with Crippen molar-refractivity contribution >= 4 is 16.5 Å². The van der Waals surface area contributed by atoms with Crippen molar-refractivity contribution in [1.29, 1.82) is 0 Å². The van der Waals surface area contributed by atoms with Crippen LogP contribution in [0.2, 0.25) is 0 Å². The number of aryl methyl sites for hydroxylation is 1. The Kier molecular flexibility index (Phi) is 6.54. The van der Waals surface area contributed by atoms with Gasteiger partial charge in [-0.2, -0.15) is 5.10 Å². The zero-order valence-electron chi connectivity index (χ0n) is 17.7. The van der Waals surface area contributed by atoms with E-state index in [4.69, 9.17) is 19.3 Å². The summed E-state index contributed by atoms with van der Waals surface area (Å²) in [6.45, 7) is 4.28. The molecule has 1 saturated heterocycles. The molecule has 30 heavy (non-hydrogen) atoms. The molecule has 1 fully saturated rings. The fourth-order valence-corrected chi connectivity index (χ4v) is 4.64. The molecule has 1 unspecified atom stereocenters. The van der Waals surface area contributed by atoms with Crippen molar-refractivity contribution in [2.24, 2.45) is 0 Å². The Morgan fingerprint density at radius 2 is 2.13 bits per heavy atom. The number of methoxy groups -OCH3 is 2. The first-order chi connectivity index (χ1) is 14.7. The van der Waals surface area contributed by atoms with Gasteiger partial charge in [0.25, 0.3) is 0 Å². The van der Waals surface area contributed by atoms with Gasteiger partial charge in [-0.05, 0) is 38.3 Å². The van der Waals surface area contributed by atoms with E-state index in [-0.39, 0.29) is 6.10 Å². The average molecular weight is 429 g/mol. The van der Waals surface area contributed by atoms with Gasteiger partial charge in [0.15, 0.2) is 16.6 Å². The Balaban J connectivity index is 1.44. The second kappa shape index (κ2) is 9.49. The van der Waals surface area contributed by atoms with Crippen molar-refractivity contribution in [3.63, 3.8) is 0 Å². The van der Waals surface area contributed by atoms with Gasteiger partial charge in [0.1, 0.15) is 5.69 Å². The molecule has 3 aromatic rings. The van der Waals surface area contributed by atoms with Gasteiger partial charge < -0.3 is 19.5 Å². The van der Waals surface area contributed by atoms with Crippen LogP contribution in [-0.4, -0.2) is 41.7 Å². The first kappa shape index (κ1) is 20.7. The lowest BCUT2D eigenvalue weighted by atomic mass is 10.1. The molecule has 0 aliphatic carbocycles. The number of ether oxygens (including phenoxy) is 3. The molecule has 0 radical (unpaired) electrons. The number of anilines is 1. The van der Waals surface area contributed by atoms with Gasteiger partial charge in [-0.1, -0.05) is 23.5 Å². The zero-order valence-corrected chi connectivity index (χ0v) is 18.5. The molecule has 1 N–H and O–H groups in total. The molecule has 0 bridgehead atoms. The molecule has 3 heterocycles. The average Bonchev–Trinajstić information content (AvgIpc) is 3.38. The summed E-state index contributed by atoms with van der Waals surface area (Å²) in [4.78, 5) is 5.77. The van der Waals surface area contributed by atoms with Gasteiger partial charge in [0, 0.05) is 24.9 Å². The zero-order chi connectivity index (χ0) is 20.9. The van der Waals surface area contributed by atoms with E-state index in [0.717, 1.165) is 58.0 Å². The van der Waals surface area contributed by atoms with Crippen LogP contribution in [0.3, 0.4) is 0 Å². The van der Waals surface area contributed by atoms with Crippen molar-refractivity contribution in [3.05, 3.63) is 41.7 Å². The quantitative estimate of drug-likeness (QED) is 0.569. The third-order valence-corrected chi connectivity index (χ3v) is 6.39. The Morgan fingerprint density at radius 1 is 1.23 bits per heavy atom. The topological polar surface area (TPSA) is 70.4 Å². The number of benzene rings is 1. The highest BCUT2D eigenvalue weighted by Crippen LogP contribution is 2.34. The van der Waals surface area contributed by atoms with Gasteiger partial charge in [0.05, 0.1) is 37.4 Å². The van der Waals surface area contributed by atoms with Crippen LogP contribution < -0.4 is 14.8 Å². The van der Waals surface area contributed by atoms with E-state index in [1.165, 1.54) is 12.8 Å². The van der Waals surface area contributed by atoms with Crippen molar-refractivity contribution in [2.75, 3.05) is 26.1 Å². The van der Waals surface area contributed by atoms with Crippen LogP contribution in [0.4, 0.5) is 5.13 Å². The molecular weight excluding hydrogens is 400 g/mol. The number of aromatic nitrogens is 3. The van der Waals surface area contributed by atoms with Crippen LogP contribution in [0.1, 0.15) is 30.5 Å². The maximum absolute atomic E-state index is 5.83. The minimum atomic E-state index is 0.268. The lowest BCUT2D eigenvalue weighted by Gasteiger charge is -2.22. The largest absolute Gasteiger partial charge is 0.493 e. The smallest absolute Gasteiger partial charge is 0.183 e. The number of para-hydroxylation sites is 1. The van der Waals surface area contributed by atoms with Crippen LogP contribution in [-0.2, 0) is 17.8 Å². The van der Waals surface area contributed by atoms with Crippen molar-refractivity contribution in [1.82, 2.24) is 14.8 Å². The summed E-state index contributed by atoms with van der Waals surface area (Å²) in [7, 11) is 3.30. The molecule has 1 atom stereocenters. The summed E-state index contributed by atoms with van der Waals surface area (Å²) >= 11 is 1.61. The van der Waals surface area contributed by atoms with Crippen LogP contribution in [0.15, 0.2) is 30.5 Å². The van der Waals surface area contributed by atoms with Gasteiger partial charge in [-0.15, -0.1) is 0 Å². The Morgan fingerprint density at radius 3 is 2.90 bits per heavy atom. The van der Waals surface area contributed by atoms with Gasteiger partial charge >= 0.3 is 0 Å². The number of nitrogens with zero attached hydrogens (tertiary/aromatic N) is 3. The van der Waals surface area contributed by atoms with E-state index in [9.17, 15) is 0 Å². The van der Waals surface area contributed by atoms with Crippen LogP contribution >= 0.6 is 11.3 Å². The van der Waals surface area contributed by atoms with E-state index < -0.39 is 0 Å². The standard InChI is InChI=1S/C22H28N4O3S/c1-15-21(18-10-11-26(25-18)14-17-8-4-5-12-29-17)30-22(24-15)23-13-16-7-6-9-19(27-2)20(16)28-3/h6-7,9-11,17H,4-5,8,12-14H2,1-3H3,(H,23,24). The Hall–Kier alpha value is -2.58. The molecular formula is C22H28N4O3S. The van der Waals surface area contributed by atoms with E-state index in [1.807, 2.05) is 36.0 Å². The van der Waals surface area contributed by atoms with Gasteiger partial charge in [0.2, 0.25) is 0 Å². The minimum absolute atomic E-state index is 0.268. The number of thiazole rings is 1. The van der Waals surface area contributed by atoms with E-state index >= 15 is 0 Å². The van der Waals surface area contributed by atoms with E-state index in [2.05, 4.69) is 16.4 Å². The van der Waals surface area contributed by atoms with Crippen LogP contribution in [0.25, 0.3) is 10.6 Å². The second-order valence-electron chi connectivity index (χ2n) is 7.35. The summed E-state index contributed by atoms with van der Waals surface area (Å²) in [6, 6.07) is 7.92. The predicted octanol–water partition coefficient (Wildman–Crippen LogP) is 4.51. The molecule has 1 aliphatic heterocycles. The fourth-order valence-electron chi connectivity index (χ4n) is 3.72. The second-order valence-corrected chi connectivity index (χ2v) is 8.35. The highest BCUT2D eigenvalue weighted by Gasteiger charge is 2.17. The number of hydrogen-bond donors (Lipinski definition) is 1. The Labute approximate surface area is 181 Å². The summed E-state index contributed by atoms with van der Waals surface area (Å²) in [5.41, 5.74) is 2.94. The van der Waals surface area contributed by atoms with Crippen LogP contribution in [0.5, 0.6) is 11.5 Å². The normalized spacial score (nSPS) is 16.4. The van der Waals surface area contributed by atoms with E-state index in [1.54, 1.807) is 25.6 Å². The molecule has 0 amide bonds. The molecule has 1 aromatic carbocycles. The highest BCUT2D eigenvalue weighted by molar-refractivity contribution is 7.19. The lowest BCUT2D eigenvalue weighted by Crippen LogP contribution is -2.24. The first-order valence-electron chi connectivity index (χ1n) is 10.2. The molecule has 8 heteroatoms. The monoisotopic (exact) mass is 428 g/mol. The molecule has 4 rings (SSSR count). The summed E-state index contributed by atoms with van der Waals surface area (Å²) in [5, 5.41) is 9.03. The Bertz CT molecular complexity index is 979. The number of rotatable bonds is 8. The third kappa shape index (κ3) is 4.60. The van der Waals surface area contributed by atoms with Crippen molar-refractivity contribution in [3.8, 4) is 22.1 Å². The molecule has 1 aliphatic rings. The maximum atomic E-state index is 5.83. The first-order valence-corrected chi connectivity index (χ1v) is 11.1. The fraction of sp³-hybridized carbons (Fsp3) is 0.455. The van der Waals surface area contributed by atoms with Gasteiger partial charge in [-0.25, -0.2) is 4.98 Å². The number of nitrogens with one attached hydrogen (secondary N) is 1. The minimum Gasteiger partial charge on any atom is -0.493 e. The summed E-state index contributed by atoms with van der Waals surface area (Å²) in [5.74, 6) is 1.46. The molecule has 2 aromatic heterocycles. The van der Waals surface area contributed by atoms with Crippen molar-refractivity contribution in [2.45, 2.75) is 45.4 Å². The highest BCUT2D eigenvalue weighted by atomic mass is 32.1. The predicted molar refractivity (Wildman–Crippen MR) is 119 cm³/mol. The maximum Gasteiger partial charge on any atom is 0.183 e. The number of hydrogen-bond acceptors (Lipinski definition) is 7. The third-order valence-electron chi connectivity index (χ3n) is 5.25. The van der Waals surface area contributed by atoms with Crippen molar-refractivity contribution < 1.29 is 14.2 Å².